The fourth-order valence-electron chi connectivity index (χ4n) is 10.9. The molecule has 4 heterocycles. The zero-order valence-corrected chi connectivity index (χ0v) is 73.5. The third-order valence-electron chi connectivity index (χ3n) is 16.2. The standard InChI is InChI=1S/C34H36ClF2N3O3S.C29H28ClF2N3OS.C2H6O.ClH.H9P7.H8P6/c1-20-6-7-22(21-14-16-38-17-15-21)18-23(20)19-40(25-10-8-24(9-11-25)39(5)33(42)43-34(2,3)4)32(41)31-29(35)28-26(36)12-13-27(37)30(28)44-31;1-17-3-4-19(18-11-13-34-14-12-18)15-20(17)16-35(22-7-5-21(33-2)6-8-22)29(36)28-26(30)25-23(31)9-10-24(32)27(25)37-28;1-2-3;;1-5-7(4)6(2)3;1-5(2)6(3)4/h6-7,12-18,24-25H,8-11,19H2,1-5H3;3-4,9-15,21-22,33H,5-8,16H2,1-2H3;3H,2H2,1H3;1H;5H,1-4H2;1-4H2. The highest BCUT2D eigenvalue weighted by Gasteiger charge is 2.37. The summed E-state index contributed by atoms with van der Waals surface area (Å²) in [6.07, 6.45) is 12.8. The number of nitrogens with zero attached hydrogens (tertiary/aromatic N) is 5. The van der Waals surface area contributed by atoms with Crippen LogP contribution < -0.4 is 5.32 Å². The van der Waals surface area contributed by atoms with Crippen molar-refractivity contribution in [2.24, 2.45) is 0 Å². The number of thiophene rings is 2. The average molecular weight is 1680 g/mol. The minimum atomic E-state index is -0.667. The zero-order chi connectivity index (χ0) is 71.6. The van der Waals surface area contributed by atoms with E-state index in [1.807, 2.05) is 83.0 Å². The van der Waals surface area contributed by atoms with Gasteiger partial charge in [0, 0.05) is 75.7 Å². The van der Waals surface area contributed by atoms with E-state index in [-0.39, 0.29) is 130 Å². The smallest absolute Gasteiger partial charge is 0.410 e. The fourth-order valence-corrected chi connectivity index (χ4v) is 30.1. The maximum absolute atomic E-state index is 14.7. The number of pyridine rings is 2. The first-order valence-corrected chi connectivity index (χ1v) is 55.0. The SMILES string of the molecule is CCO.CNC1CCC(N(Cc2cc(-c3ccncc3)ccc2C)C(=O)c2sc3c(F)ccc(F)c3c2Cl)CC1.Cc1ccc(-c2ccncc2)cc1CN(C(=O)c1sc2c(F)ccc(F)c2c1Cl)C1CCC(N(C)C(=O)OC(C)(C)C)CC1.Cl.PP(P)P(P)P.PPP(P)P(P)P. The quantitative estimate of drug-likeness (QED) is 0.0767. The summed E-state index contributed by atoms with van der Waals surface area (Å²) < 4.78 is 64.2. The zero-order valence-electron chi connectivity index (χ0n) is 55.7. The van der Waals surface area contributed by atoms with Crippen LogP contribution in [0.4, 0.5) is 22.4 Å². The summed E-state index contributed by atoms with van der Waals surface area (Å²) in [5, 5.41) is 10.7. The Balaban J connectivity index is 0.000000289. The van der Waals surface area contributed by atoms with Crippen molar-refractivity contribution in [1.29, 1.82) is 0 Å². The average Bonchev–Trinajstić information content (AvgIpc) is 1.62. The molecule has 2 fully saturated rings. The molecular weight excluding hydrogens is 1590 g/mol. The van der Waals surface area contributed by atoms with E-state index in [1.165, 1.54) is 0 Å². The second-order valence-corrected chi connectivity index (χ2v) is 68.6. The molecular formula is C65H88Cl3F4N6O5P13S2. The molecule has 33 heteroatoms. The topological polar surface area (TPSA) is 128 Å². The molecule has 4 aromatic heterocycles. The van der Waals surface area contributed by atoms with Gasteiger partial charge in [0.1, 0.15) is 38.6 Å². The van der Waals surface area contributed by atoms with E-state index in [1.54, 1.807) is 48.6 Å². The van der Waals surface area contributed by atoms with Crippen LogP contribution in [-0.4, -0.2) is 98.2 Å². The number of amides is 3. The van der Waals surface area contributed by atoms with Gasteiger partial charge in [-0.2, -0.15) is 0 Å². The molecule has 2 saturated carbocycles. The molecule has 2 aliphatic rings. The summed E-state index contributed by atoms with van der Waals surface area (Å²) in [5.41, 5.74) is 7.54. The highest BCUT2D eigenvalue weighted by atomic mass is 35.5. The molecule has 534 valence electrons. The molecule has 0 bridgehead atoms. The van der Waals surface area contributed by atoms with Crippen molar-refractivity contribution in [3.63, 3.8) is 0 Å². The minimum absolute atomic E-state index is 0. The number of aliphatic hydroxyl groups is 1. The predicted octanol–water partition coefficient (Wildman–Crippen LogP) is 23.5. The van der Waals surface area contributed by atoms with Gasteiger partial charge in [-0.1, -0.05) is 55.4 Å². The van der Waals surface area contributed by atoms with Crippen molar-refractivity contribution in [3.8, 4) is 22.3 Å². The Morgan fingerprint density at radius 2 is 0.969 bits per heavy atom. The monoisotopic (exact) mass is 1680 g/mol. The molecule has 10 atom stereocenters. The lowest BCUT2D eigenvalue weighted by atomic mass is 9.88. The van der Waals surface area contributed by atoms with Gasteiger partial charge in [0.25, 0.3) is 11.8 Å². The molecule has 11 nitrogen and oxygen atoms in total. The molecule has 2 N–H and O–H groups in total. The first kappa shape index (κ1) is 88.0. The Morgan fingerprint density at radius 3 is 1.29 bits per heavy atom. The van der Waals surface area contributed by atoms with Crippen LogP contribution in [0.3, 0.4) is 0 Å². The Bertz CT molecular complexity index is 3900. The Labute approximate surface area is 624 Å². The van der Waals surface area contributed by atoms with Gasteiger partial charge in [0.05, 0.1) is 30.2 Å². The third kappa shape index (κ3) is 25.0. The van der Waals surface area contributed by atoms with Gasteiger partial charge < -0.3 is 29.9 Å². The summed E-state index contributed by atoms with van der Waals surface area (Å²) in [4.78, 5) is 54.9. The third-order valence-corrected chi connectivity index (χ3v) is 71.4. The van der Waals surface area contributed by atoms with E-state index < -0.39 is 28.9 Å². The van der Waals surface area contributed by atoms with Gasteiger partial charge in [-0.3, -0.25) is 19.6 Å². The van der Waals surface area contributed by atoms with Gasteiger partial charge >= 0.3 is 6.09 Å². The lowest BCUT2D eigenvalue weighted by molar-refractivity contribution is 0.0144. The molecule has 98 heavy (non-hydrogen) atoms. The number of benzene rings is 4. The largest absolute Gasteiger partial charge is 0.444 e. The lowest BCUT2D eigenvalue weighted by Gasteiger charge is -2.40. The molecule has 3 amide bonds. The van der Waals surface area contributed by atoms with E-state index in [2.05, 4.69) is 111 Å². The summed E-state index contributed by atoms with van der Waals surface area (Å²) in [5.74, 6) is -3.15. The van der Waals surface area contributed by atoms with Crippen molar-refractivity contribution < 1.29 is 41.8 Å². The molecule has 8 aromatic rings. The highest BCUT2D eigenvalue weighted by Crippen LogP contribution is 2.92. The number of nitrogens with one attached hydrogen (secondary N) is 1. The van der Waals surface area contributed by atoms with Crippen LogP contribution >= 0.6 is 166 Å². The van der Waals surface area contributed by atoms with Gasteiger partial charge in [0.15, 0.2) is 0 Å². The molecule has 0 radical (unpaired) electrons. The number of aryl methyl sites for hydroxylation is 2. The Morgan fingerprint density at radius 1 is 0.612 bits per heavy atom. The summed E-state index contributed by atoms with van der Waals surface area (Å²) in [6.45, 7) is 12.9. The molecule has 0 aliphatic heterocycles. The summed E-state index contributed by atoms with van der Waals surface area (Å²) in [7, 11) is 27.3. The number of hydrogen-bond donors (Lipinski definition) is 2. The number of carbonyl (C=O) groups is 3. The summed E-state index contributed by atoms with van der Waals surface area (Å²) in [6, 6.07) is 24.5. The Hall–Kier alpha value is -0.590. The number of aromatic nitrogens is 2. The number of halogens is 7. The molecule has 10 unspecified atom stereocenters. The molecule has 4 aromatic carbocycles. The number of ether oxygens (including phenoxy) is 1. The first-order valence-electron chi connectivity index (χ1n) is 30.8. The molecule has 0 saturated heterocycles. The van der Waals surface area contributed by atoms with Gasteiger partial charge in [-0.05, 0) is 233 Å². The van der Waals surface area contributed by atoms with E-state index in [0.717, 1.165) is 125 Å². The highest BCUT2D eigenvalue weighted by molar-refractivity contribution is 8.98. The van der Waals surface area contributed by atoms with Crippen molar-refractivity contribution in [2.45, 2.75) is 136 Å². The molecule has 2 aliphatic carbocycles. The van der Waals surface area contributed by atoms with Crippen molar-refractivity contribution in [1.82, 2.24) is 30.0 Å². The van der Waals surface area contributed by atoms with Gasteiger partial charge in [0.2, 0.25) is 0 Å². The van der Waals surface area contributed by atoms with Gasteiger partial charge in [-0.15, -0.1) is 107 Å². The van der Waals surface area contributed by atoms with Crippen LogP contribution in [0.5, 0.6) is 0 Å². The second kappa shape index (κ2) is 42.7. The summed E-state index contributed by atoms with van der Waals surface area (Å²) >= 11 is 14.9. The van der Waals surface area contributed by atoms with Crippen LogP contribution in [0.1, 0.15) is 121 Å². The van der Waals surface area contributed by atoms with Crippen LogP contribution in [0.15, 0.2) is 110 Å². The Kier molecular flexibility index (Phi) is 38.3. The maximum Gasteiger partial charge on any atom is 0.410 e. The minimum Gasteiger partial charge on any atom is -0.444 e. The van der Waals surface area contributed by atoms with Crippen LogP contribution in [0, 0.1) is 37.1 Å². The van der Waals surface area contributed by atoms with E-state index >= 15 is 0 Å². The predicted molar refractivity (Wildman–Crippen MR) is 451 cm³/mol. The molecule has 0 spiro atoms. The number of rotatable bonds is 15. The normalized spacial score (nSPS) is 16.4. The maximum atomic E-state index is 14.7. The van der Waals surface area contributed by atoms with E-state index in [9.17, 15) is 31.9 Å². The number of fused-ring (bicyclic) bond motifs is 2. The van der Waals surface area contributed by atoms with E-state index in [4.69, 9.17) is 33.0 Å². The van der Waals surface area contributed by atoms with Gasteiger partial charge in [-0.25, -0.2) is 22.4 Å². The van der Waals surface area contributed by atoms with Crippen molar-refractivity contribution in [2.75, 3.05) is 20.7 Å². The molecule has 10 rings (SSSR count). The van der Waals surface area contributed by atoms with Crippen molar-refractivity contribution >= 4 is 204 Å². The first-order chi connectivity index (χ1) is 45.9. The van der Waals surface area contributed by atoms with Crippen molar-refractivity contribution in [3.05, 3.63) is 175 Å². The van der Waals surface area contributed by atoms with Crippen LogP contribution in [-0.2, 0) is 17.8 Å². The second-order valence-electron chi connectivity index (χ2n) is 23.9. The van der Waals surface area contributed by atoms with Crippen LogP contribution in [0.25, 0.3) is 42.4 Å². The van der Waals surface area contributed by atoms with E-state index in [0.29, 0.717) is 38.3 Å². The fraction of sp³-hybridized carbons (Fsp3) is 0.369. The number of hydrogen-bond acceptors (Lipinski definition) is 10. The van der Waals surface area contributed by atoms with Crippen LogP contribution in [0.2, 0.25) is 10.0 Å². The number of carbonyl (C=O) groups excluding carboxylic acids is 3. The lowest BCUT2D eigenvalue weighted by Crippen LogP contribution is -2.47. The number of aliphatic hydroxyl groups excluding tert-OH is 1.